The van der Waals surface area contributed by atoms with Crippen LogP contribution in [0, 0.1) is 5.92 Å². The number of rotatable bonds is 3. The third kappa shape index (κ3) is 3.49. The Kier molecular flexibility index (Phi) is 5.08. The molecule has 2 aliphatic rings. The van der Waals surface area contributed by atoms with E-state index < -0.39 is 0 Å². The lowest BCUT2D eigenvalue weighted by molar-refractivity contribution is 0.0748. The molecular weight excluding hydrogens is 296 g/mol. The highest BCUT2D eigenvalue weighted by Crippen LogP contribution is 2.26. The van der Waals surface area contributed by atoms with Gasteiger partial charge in [-0.25, -0.2) is 0 Å². The standard InChI is InChI=1S/C16H26N4OS/c1-12(2)15-11-19(8-9-22-15)16(21)14-5-7-20(18-14)13-4-3-6-17-10-13/h5,7,12-13,15,17H,3-4,6,8-11H2,1-2H3. The minimum atomic E-state index is 0.0912. The second-order valence-electron chi connectivity index (χ2n) is 6.59. The Labute approximate surface area is 136 Å². The largest absolute Gasteiger partial charge is 0.335 e. The number of nitrogens with zero attached hydrogens (tertiary/aromatic N) is 3. The summed E-state index contributed by atoms with van der Waals surface area (Å²) in [7, 11) is 0. The first-order chi connectivity index (χ1) is 10.6. The molecule has 1 aromatic rings. The fourth-order valence-electron chi connectivity index (χ4n) is 3.14. The number of carbonyl (C=O) groups excluding carboxylic acids is 1. The fourth-order valence-corrected chi connectivity index (χ4v) is 4.44. The molecule has 0 aliphatic carbocycles. The van der Waals surface area contributed by atoms with E-state index in [4.69, 9.17) is 0 Å². The first-order valence-electron chi connectivity index (χ1n) is 8.32. The number of amides is 1. The first-order valence-corrected chi connectivity index (χ1v) is 9.37. The van der Waals surface area contributed by atoms with E-state index in [-0.39, 0.29) is 5.91 Å². The van der Waals surface area contributed by atoms with Crippen LogP contribution < -0.4 is 5.32 Å². The average molecular weight is 322 g/mol. The molecule has 2 saturated heterocycles. The van der Waals surface area contributed by atoms with Crippen LogP contribution in [0.1, 0.15) is 43.2 Å². The molecule has 3 rings (SSSR count). The van der Waals surface area contributed by atoms with Gasteiger partial charge in [0.05, 0.1) is 6.04 Å². The van der Waals surface area contributed by atoms with Gasteiger partial charge >= 0.3 is 0 Å². The van der Waals surface area contributed by atoms with Gasteiger partial charge in [0.1, 0.15) is 5.69 Å². The number of nitrogens with one attached hydrogen (secondary N) is 1. The summed E-state index contributed by atoms with van der Waals surface area (Å²) < 4.78 is 1.97. The Bertz CT molecular complexity index is 510. The summed E-state index contributed by atoms with van der Waals surface area (Å²) in [5.74, 6) is 1.72. The lowest BCUT2D eigenvalue weighted by atomic mass is 10.1. The summed E-state index contributed by atoms with van der Waals surface area (Å²) in [4.78, 5) is 14.7. The normalized spacial score (nSPS) is 26.4. The molecule has 2 unspecified atom stereocenters. The molecule has 0 aromatic carbocycles. The summed E-state index contributed by atoms with van der Waals surface area (Å²) >= 11 is 1.99. The van der Waals surface area contributed by atoms with Gasteiger partial charge in [-0.2, -0.15) is 16.9 Å². The Morgan fingerprint density at radius 3 is 3.09 bits per heavy atom. The fraction of sp³-hybridized carbons (Fsp3) is 0.750. The number of piperidine rings is 1. The monoisotopic (exact) mass is 322 g/mol. The molecular formula is C16H26N4OS. The molecule has 122 valence electrons. The average Bonchev–Trinajstić information content (AvgIpc) is 3.05. The summed E-state index contributed by atoms with van der Waals surface area (Å²) in [6, 6.07) is 2.26. The zero-order chi connectivity index (χ0) is 15.5. The highest BCUT2D eigenvalue weighted by molar-refractivity contribution is 8.00. The number of hydrogen-bond acceptors (Lipinski definition) is 4. The predicted octanol–water partition coefficient (Wildman–Crippen LogP) is 2.02. The van der Waals surface area contributed by atoms with Crippen LogP contribution in [0.2, 0.25) is 0 Å². The van der Waals surface area contributed by atoms with Crippen LogP contribution in [0.15, 0.2) is 12.3 Å². The van der Waals surface area contributed by atoms with Crippen molar-refractivity contribution >= 4 is 17.7 Å². The second-order valence-corrected chi connectivity index (χ2v) is 7.93. The highest BCUT2D eigenvalue weighted by atomic mass is 32.2. The molecule has 22 heavy (non-hydrogen) atoms. The van der Waals surface area contributed by atoms with Gasteiger partial charge in [-0.3, -0.25) is 9.48 Å². The molecule has 0 saturated carbocycles. The maximum atomic E-state index is 12.7. The van der Waals surface area contributed by atoms with Crippen molar-refractivity contribution in [3.05, 3.63) is 18.0 Å². The van der Waals surface area contributed by atoms with Gasteiger partial charge in [0.2, 0.25) is 0 Å². The van der Waals surface area contributed by atoms with Crippen LogP contribution in [0.3, 0.4) is 0 Å². The maximum absolute atomic E-state index is 12.7. The molecule has 2 aliphatic heterocycles. The Balaban J connectivity index is 1.66. The van der Waals surface area contributed by atoms with Crippen molar-refractivity contribution in [3.8, 4) is 0 Å². The summed E-state index contributed by atoms with van der Waals surface area (Å²) in [6.45, 7) is 8.19. The van der Waals surface area contributed by atoms with E-state index in [1.165, 1.54) is 6.42 Å². The van der Waals surface area contributed by atoms with Crippen LogP contribution >= 0.6 is 11.8 Å². The van der Waals surface area contributed by atoms with Crippen LogP contribution in [-0.2, 0) is 0 Å². The zero-order valence-electron chi connectivity index (χ0n) is 13.5. The minimum absolute atomic E-state index is 0.0912. The van der Waals surface area contributed by atoms with Gasteiger partial charge in [0, 0.05) is 36.8 Å². The lowest BCUT2D eigenvalue weighted by Gasteiger charge is -2.34. The van der Waals surface area contributed by atoms with Crippen LogP contribution in [0.4, 0.5) is 0 Å². The topological polar surface area (TPSA) is 50.2 Å². The SMILES string of the molecule is CC(C)C1CN(C(=O)c2ccn(C3CCCNC3)n2)CCS1. The molecule has 6 heteroatoms. The molecule has 0 bridgehead atoms. The highest BCUT2D eigenvalue weighted by Gasteiger charge is 2.28. The van der Waals surface area contributed by atoms with Gasteiger partial charge in [0.25, 0.3) is 5.91 Å². The van der Waals surface area contributed by atoms with E-state index in [2.05, 4.69) is 24.3 Å². The van der Waals surface area contributed by atoms with Crippen molar-refractivity contribution in [2.75, 3.05) is 31.9 Å². The van der Waals surface area contributed by atoms with Crippen molar-refractivity contribution in [1.82, 2.24) is 20.0 Å². The second kappa shape index (κ2) is 7.04. The van der Waals surface area contributed by atoms with Gasteiger partial charge in [0.15, 0.2) is 0 Å². The molecule has 0 radical (unpaired) electrons. The number of thioether (sulfide) groups is 1. The number of carbonyl (C=O) groups is 1. The van der Waals surface area contributed by atoms with Crippen molar-refractivity contribution in [1.29, 1.82) is 0 Å². The molecule has 1 N–H and O–H groups in total. The first kappa shape index (κ1) is 15.9. The molecule has 0 spiro atoms. The number of hydrogen-bond donors (Lipinski definition) is 1. The molecule has 1 aromatic heterocycles. The van der Waals surface area contributed by atoms with E-state index >= 15 is 0 Å². The van der Waals surface area contributed by atoms with Gasteiger partial charge < -0.3 is 10.2 Å². The Morgan fingerprint density at radius 2 is 2.36 bits per heavy atom. The van der Waals surface area contributed by atoms with E-state index in [0.717, 1.165) is 38.4 Å². The van der Waals surface area contributed by atoms with E-state index in [0.29, 0.717) is 22.9 Å². The number of aromatic nitrogens is 2. The predicted molar refractivity (Wildman–Crippen MR) is 90.4 cm³/mol. The zero-order valence-corrected chi connectivity index (χ0v) is 14.3. The third-order valence-electron chi connectivity index (χ3n) is 4.60. The van der Waals surface area contributed by atoms with Crippen molar-refractivity contribution in [2.45, 2.75) is 38.0 Å². The van der Waals surface area contributed by atoms with Crippen LogP contribution in [0.5, 0.6) is 0 Å². The van der Waals surface area contributed by atoms with Gasteiger partial charge in [-0.1, -0.05) is 13.8 Å². The van der Waals surface area contributed by atoms with Gasteiger partial charge in [-0.05, 0) is 31.4 Å². The summed E-state index contributed by atoms with van der Waals surface area (Å²) in [5, 5.41) is 8.50. The summed E-state index contributed by atoms with van der Waals surface area (Å²) in [6.07, 6.45) is 4.27. The van der Waals surface area contributed by atoms with Gasteiger partial charge in [-0.15, -0.1) is 0 Å². The molecule has 2 atom stereocenters. The maximum Gasteiger partial charge on any atom is 0.274 e. The van der Waals surface area contributed by atoms with Crippen molar-refractivity contribution in [2.24, 2.45) is 5.92 Å². The van der Waals surface area contributed by atoms with Crippen LogP contribution in [-0.4, -0.2) is 57.8 Å². The minimum Gasteiger partial charge on any atom is -0.335 e. The third-order valence-corrected chi connectivity index (χ3v) is 6.14. The lowest BCUT2D eigenvalue weighted by Crippen LogP contribution is -2.43. The smallest absolute Gasteiger partial charge is 0.274 e. The quantitative estimate of drug-likeness (QED) is 0.925. The van der Waals surface area contributed by atoms with E-state index in [1.807, 2.05) is 33.6 Å². The van der Waals surface area contributed by atoms with E-state index in [9.17, 15) is 4.79 Å². The Morgan fingerprint density at radius 1 is 1.50 bits per heavy atom. The molecule has 3 heterocycles. The van der Waals surface area contributed by atoms with Crippen molar-refractivity contribution < 1.29 is 4.79 Å². The Hall–Kier alpha value is -1.01. The molecule has 2 fully saturated rings. The van der Waals surface area contributed by atoms with E-state index in [1.54, 1.807) is 0 Å². The van der Waals surface area contributed by atoms with Crippen molar-refractivity contribution in [3.63, 3.8) is 0 Å². The summed E-state index contributed by atoms with van der Waals surface area (Å²) in [5.41, 5.74) is 0.597. The molecule has 5 nitrogen and oxygen atoms in total. The van der Waals surface area contributed by atoms with Crippen LogP contribution in [0.25, 0.3) is 0 Å². The molecule has 1 amide bonds.